The predicted octanol–water partition coefficient (Wildman–Crippen LogP) is 5.37. The number of carbonyl (C=O) groups excluding carboxylic acids is 1. The van der Waals surface area contributed by atoms with Crippen LogP contribution in [-0.2, 0) is 34.4 Å². The largest absolute Gasteiger partial charge is 0.445 e. The zero-order valence-corrected chi connectivity index (χ0v) is 24.9. The minimum Gasteiger partial charge on any atom is -0.445 e. The first kappa shape index (κ1) is 30.4. The number of aryl methyl sites for hydroxylation is 1. The number of nitrogens with one attached hydrogen (secondary N) is 1. The Morgan fingerprint density at radius 1 is 1.07 bits per heavy atom. The predicted molar refractivity (Wildman–Crippen MR) is 163 cm³/mol. The molecule has 4 aromatic rings. The molecule has 0 bridgehead atoms. The van der Waals surface area contributed by atoms with Crippen LogP contribution in [0.4, 0.5) is 4.79 Å². The number of hydrogen-bond donors (Lipinski definition) is 2. The molecular weight excluding hydrogens is 566 g/mol. The van der Waals surface area contributed by atoms with Gasteiger partial charge in [0.1, 0.15) is 6.61 Å². The molecule has 5 rings (SSSR count). The third-order valence-electron chi connectivity index (χ3n) is 7.29. The Labute approximate surface area is 255 Å². The molecule has 1 aliphatic heterocycles. The first-order chi connectivity index (χ1) is 20.9. The van der Waals surface area contributed by atoms with Crippen molar-refractivity contribution in [2.45, 2.75) is 43.7 Å². The van der Waals surface area contributed by atoms with Crippen molar-refractivity contribution in [3.05, 3.63) is 108 Å². The lowest BCUT2D eigenvalue weighted by Crippen LogP contribution is -2.38. The van der Waals surface area contributed by atoms with Gasteiger partial charge in [-0.1, -0.05) is 98.1 Å². The molecule has 4 atom stereocenters. The van der Waals surface area contributed by atoms with Gasteiger partial charge in [0.05, 0.1) is 18.8 Å². The van der Waals surface area contributed by atoms with E-state index in [1.165, 1.54) is 6.08 Å². The Morgan fingerprint density at radius 3 is 2.53 bits per heavy atom. The molecule has 10 nitrogen and oxygen atoms in total. The molecule has 1 aromatic heterocycles. The van der Waals surface area contributed by atoms with Crippen molar-refractivity contribution < 1.29 is 24.1 Å². The minimum absolute atomic E-state index is 0.00780. The van der Waals surface area contributed by atoms with E-state index in [0.29, 0.717) is 12.3 Å². The average molecular weight is 602 g/mol. The van der Waals surface area contributed by atoms with Gasteiger partial charge in [-0.05, 0) is 44.3 Å². The van der Waals surface area contributed by atoms with Gasteiger partial charge in [-0.25, -0.2) is 9.48 Å². The molecule has 1 aliphatic rings. The maximum absolute atomic E-state index is 11.8. The van der Waals surface area contributed by atoms with Crippen LogP contribution in [0.3, 0.4) is 0 Å². The van der Waals surface area contributed by atoms with Crippen LogP contribution in [0.2, 0.25) is 0 Å². The van der Waals surface area contributed by atoms with Crippen LogP contribution in [0.25, 0.3) is 11.1 Å². The van der Waals surface area contributed by atoms with Crippen LogP contribution in [0, 0.1) is 5.92 Å². The fourth-order valence-electron chi connectivity index (χ4n) is 4.86. The zero-order chi connectivity index (χ0) is 30.2. The van der Waals surface area contributed by atoms with Gasteiger partial charge in [0.15, 0.2) is 6.29 Å². The standard InChI is InChI=1S/C32H35N5O5S/c1-4-16-40-32(39)33-18-23-6-5-7-27(17-23)24-12-14-26(15-13-24)30-41-28(20-43-31-34-35-36-37(31)3)21(2)29(42-30)25-10-8-22(19-38)9-11-25/h4-15,17,21,28-30,38H,1,16,18-20H2,2-3H3,(H,33,39)/t21-,28+,29+,30+/m0/s1. The summed E-state index contributed by atoms with van der Waals surface area (Å²) in [5.41, 5.74) is 5.80. The topological polar surface area (TPSA) is 121 Å². The van der Waals surface area contributed by atoms with Crippen molar-refractivity contribution in [2.24, 2.45) is 13.0 Å². The highest BCUT2D eigenvalue weighted by Crippen LogP contribution is 2.43. The van der Waals surface area contributed by atoms with E-state index in [1.54, 1.807) is 16.4 Å². The normalized spacial score (nSPS) is 20.0. The fraction of sp³-hybridized carbons (Fsp3) is 0.312. The fourth-order valence-corrected chi connectivity index (χ4v) is 5.88. The number of thioether (sulfide) groups is 1. The monoisotopic (exact) mass is 601 g/mol. The molecule has 3 aromatic carbocycles. The number of aliphatic hydroxyl groups is 1. The van der Waals surface area contributed by atoms with E-state index in [4.69, 9.17) is 14.2 Å². The second-order valence-corrected chi connectivity index (χ2v) is 11.3. The van der Waals surface area contributed by atoms with Gasteiger partial charge in [-0.15, -0.1) is 5.10 Å². The summed E-state index contributed by atoms with van der Waals surface area (Å²) in [6, 6.07) is 24.0. The molecule has 0 aliphatic carbocycles. The lowest BCUT2D eigenvalue weighted by Gasteiger charge is -2.41. The Morgan fingerprint density at radius 2 is 1.84 bits per heavy atom. The summed E-state index contributed by atoms with van der Waals surface area (Å²) >= 11 is 1.55. The second kappa shape index (κ2) is 14.4. The van der Waals surface area contributed by atoms with Crippen molar-refractivity contribution in [1.82, 2.24) is 25.5 Å². The molecule has 0 radical (unpaired) electrons. The number of aliphatic hydroxyl groups excluding tert-OH is 1. The molecule has 224 valence electrons. The number of ether oxygens (including phenoxy) is 3. The lowest BCUT2D eigenvalue weighted by molar-refractivity contribution is -0.268. The number of amides is 1. The Bertz CT molecular complexity index is 1510. The van der Waals surface area contributed by atoms with Gasteiger partial charge < -0.3 is 24.6 Å². The highest BCUT2D eigenvalue weighted by molar-refractivity contribution is 7.99. The van der Waals surface area contributed by atoms with Crippen molar-refractivity contribution in [3.63, 3.8) is 0 Å². The highest BCUT2D eigenvalue weighted by atomic mass is 32.2. The SMILES string of the molecule is C=CCOC(=O)NCc1cccc(-c2ccc([C@@H]3O[C@H](CSc4nnnn4C)[C@H](C)[C@H](c4ccc(CO)cc4)O3)cc2)c1. The van der Waals surface area contributed by atoms with Crippen LogP contribution in [-0.4, -0.2) is 49.9 Å². The number of rotatable bonds is 11. The van der Waals surface area contributed by atoms with Crippen LogP contribution in [0.15, 0.2) is 90.6 Å². The minimum atomic E-state index is -0.576. The zero-order valence-electron chi connectivity index (χ0n) is 24.1. The highest BCUT2D eigenvalue weighted by Gasteiger charge is 2.38. The molecular formula is C32H35N5O5S. The summed E-state index contributed by atoms with van der Waals surface area (Å²) in [4.78, 5) is 11.8. The Hall–Kier alpha value is -4.03. The maximum atomic E-state index is 11.8. The number of carbonyl (C=O) groups is 1. The molecule has 11 heteroatoms. The number of aromatic nitrogens is 4. The van der Waals surface area contributed by atoms with Gasteiger partial charge in [0.2, 0.25) is 5.16 Å². The number of alkyl carbamates (subject to hydrolysis) is 1. The van der Waals surface area contributed by atoms with Crippen LogP contribution < -0.4 is 5.32 Å². The van der Waals surface area contributed by atoms with Gasteiger partial charge in [0, 0.05) is 30.8 Å². The molecule has 2 heterocycles. The molecule has 0 spiro atoms. The molecule has 1 fully saturated rings. The van der Waals surface area contributed by atoms with Gasteiger partial charge in [0.25, 0.3) is 0 Å². The molecule has 2 N–H and O–H groups in total. The molecule has 0 unspecified atom stereocenters. The van der Waals surface area contributed by atoms with E-state index in [0.717, 1.165) is 38.5 Å². The lowest BCUT2D eigenvalue weighted by atomic mass is 9.91. The van der Waals surface area contributed by atoms with Crippen molar-refractivity contribution in [1.29, 1.82) is 0 Å². The molecule has 0 saturated carbocycles. The van der Waals surface area contributed by atoms with Gasteiger partial charge >= 0.3 is 6.09 Å². The van der Waals surface area contributed by atoms with E-state index in [2.05, 4.69) is 34.3 Å². The van der Waals surface area contributed by atoms with Crippen molar-refractivity contribution >= 4 is 17.9 Å². The van der Waals surface area contributed by atoms with Gasteiger partial charge in [-0.2, -0.15) is 0 Å². The van der Waals surface area contributed by atoms with E-state index >= 15 is 0 Å². The average Bonchev–Trinajstić information content (AvgIpc) is 3.46. The van der Waals surface area contributed by atoms with E-state index in [9.17, 15) is 9.90 Å². The van der Waals surface area contributed by atoms with Gasteiger partial charge in [-0.3, -0.25) is 0 Å². The van der Waals surface area contributed by atoms with Crippen LogP contribution in [0.5, 0.6) is 0 Å². The second-order valence-electron chi connectivity index (χ2n) is 10.3. The van der Waals surface area contributed by atoms with E-state index in [1.807, 2.05) is 79.8 Å². The van der Waals surface area contributed by atoms with E-state index < -0.39 is 12.4 Å². The third kappa shape index (κ3) is 7.68. The van der Waals surface area contributed by atoms with Crippen molar-refractivity contribution in [2.75, 3.05) is 12.4 Å². The first-order valence-corrected chi connectivity index (χ1v) is 15.0. The van der Waals surface area contributed by atoms with Crippen molar-refractivity contribution in [3.8, 4) is 11.1 Å². The van der Waals surface area contributed by atoms with Crippen LogP contribution >= 0.6 is 11.8 Å². The summed E-state index contributed by atoms with van der Waals surface area (Å²) in [6.07, 6.45) is 0.124. The Balaban J connectivity index is 1.32. The quantitative estimate of drug-likeness (QED) is 0.173. The summed E-state index contributed by atoms with van der Waals surface area (Å²) in [7, 11) is 1.82. The maximum Gasteiger partial charge on any atom is 0.407 e. The summed E-state index contributed by atoms with van der Waals surface area (Å²) in [6.45, 7) is 6.19. The third-order valence-corrected chi connectivity index (χ3v) is 8.39. The molecule has 43 heavy (non-hydrogen) atoms. The number of benzene rings is 3. The molecule has 1 saturated heterocycles. The van der Waals surface area contributed by atoms with E-state index in [-0.39, 0.29) is 31.3 Å². The van der Waals surface area contributed by atoms with Crippen LogP contribution in [0.1, 0.15) is 41.6 Å². The Kier molecular flexibility index (Phi) is 10.2. The summed E-state index contributed by atoms with van der Waals surface area (Å²) < 4.78 is 19.8. The molecule has 1 amide bonds. The number of hydrogen-bond acceptors (Lipinski definition) is 9. The number of tetrazole rings is 1. The smallest absolute Gasteiger partial charge is 0.407 e. The summed E-state index contributed by atoms with van der Waals surface area (Å²) in [5, 5.41) is 24.7. The first-order valence-electron chi connectivity index (χ1n) is 14.0. The summed E-state index contributed by atoms with van der Waals surface area (Å²) in [5.74, 6) is 0.704. The number of nitrogens with zero attached hydrogens (tertiary/aromatic N) is 4.